The Morgan fingerprint density at radius 3 is 2.67 bits per heavy atom. The van der Waals surface area contributed by atoms with Crippen LogP contribution < -0.4 is 10.1 Å². The fourth-order valence-electron chi connectivity index (χ4n) is 2.78. The summed E-state index contributed by atoms with van der Waals surface area (Å²) in [4.78, 5) is 0. The second-order valence-corrected chi connectivity index (χ2v) is 7.79. The van der Waals surface area contributed by atoms with Crippen molar-refractivity contribution in [2.45, 2.75) is 71.6 Å². The van der Waals surface area contributed by atoms with Crippen LogP contribution in [0.4, 0.5) is 0 Å². The Hall–Kier alpha value is -0.730. The van der Waals surface area contributed by atoms with E-state index in [1.807, 2.05) is 12.1 Å². The molecule has 1 N–H and O–H groups in total. The highest BCUT2D eigenvalue weighted by Gasteiger charge is 2.21. The number of hydrogen-bond acceptors (Lipinski definition) is 2. The minimum absolute atomic E-state index is 0.111. The fraction of sp³-hybridized carbons (Fsp3) is 0.667. The van der Waals surface area contributed by atoms with Crippen LogP contribution in [0, 0.1) is 5.92 Å². The molecule has 21 heavy (non-hydrogen) atoms. The number of benzene rings is 1. The molecule has 3 heteroatoms. The molecule has 0 radical (unpaired) electrons. The zero-order valence-electron chi connectivity index (χ0n) is 13.7. The number of ether oxygens (including phenoxy) is 1. The molecular formula is C18H28ClNO. The summed E-state index contributed by atoms with van der Waals surface area (Å²) in [6, 6.07) is 6.13. The van der Waals surface area contributed by atoms with Gasteiger partial charge >= 0.3 is 0 Å². The average molecular weight is 310 g/mol. The summed E-state index contributed by atoms with van der Waals surface area (Å²) < 4.78 is 6.10. The van der Waals surface area contributed by atoms with Gasteiger partial charge in [-0.2, -0.15) is 0 Å². The smallest absolute Gasteiger partial charge is 0.138 e. The molecule has 2 rings (SSSR count). The minimum Gasteiger partial charge on any atom is -0.489 e. The first-order valence-electron chi connectivity index (χ1n) is 8.03. The normalized spacial score (nSPS) is 23.1. The van der Waals surface area contributed by atoms with Crippen LogP contribution in [0.3, 0.4) is 0 Å². The molecule has 1 aliphatic carbocycles. The molecule has 0 amide bonds. The largest absolute Gasteiger partial charge is 0.489 e. The van der Waals surface area contributed by atoms with Crippen molar-refractivity contribution in [2.75, 3.05) is 0 Å². The Morgan fingerprint density at radius 2 is 2.05 bits per heavy atom. The molecule has 118 valence electrons. The van der Waals surface area contributed by atoms with Gasteiger partial charge in [-0.25, -0.2) is 0 Å². The number of hydrogen-bond donors (Lipinski definition) is 1. The lowest BCUT2D eigenvalue weighted by molar-refractivity contribution is 0.129. The van der Waals surface area contributed by atoms with E-state index >= 15 is 0 Å². The van der Waals surface area contributed by atoms with E-state index in [-0.39, 0.29) is 5.54 Å². The van der Waals surface area contributed by atoms with Gasteiger partial charge in [-0.1, -0.05) is 31.0 Å². The first kappa shape index (κ1) is 16.6. The van der Waals surface area contributed by atoms with Gasteiger partial charge in [0.15, 0.2) is 0 Å². The molecule has 1 aliphatic rings. The minimum atomic E-state index is 0.111. The quantitative estimate of drug-likeness (QED) is 0.827. The number of halogens is 1. The van der Waals surface area contributed by atoms with Crippen molar-refractivity contribution >= 4 is 11.6 Å². The van der Waals surface area contributed by atoms with Gasteiger partial charge in [0.2, 0.25) is 0 Å². The van der Waals surface area contributed by atoms with Gasteiger partial charge in [0.25, 0.3) is 0 Å². The predicted octanol–water partition coefficient (Wildman–Crippen LogP) is 5.19. The van der Waals surface area contributed by atoms with Gasteiger partial charge in [0.05, 0.1) is 11.1 Å². The molecule has 0 aliphatic heterocycles. The molecule has 0 heterocycles. The molecule has 2 unspecified atom stereocenters. The summed E-state index contributed by atoms with van der Waals surface area (Å²) >= 11 is 6.38. The van der Waals surface area contributed by atoms with Crippen molar-refractivity contribution in [1.29, 1.82) is 0 Å². The second-order valence-electron chi connectivity index (χ2n) is 7.38. The van der Waals surface area contributed by atoms with Crippen LogP contribution in [0.25, 0.3) is 0 Å². The van der Waals surface area contributed by atoms with E-state index in [0.717, 1.165) is 36.1 Å². The van der Waals surface area contributed by atoms with Crippen molar-refractivity contribution in [3.8, 4) is 5.75 Å². The third-order valence-corrected chi connectivity index (χ3v) is 4.30. The van der Waals surface area contributed by atoms with Gasteiger partial charge < -0.3 is 10.1 Å². The van der Waals surface area contributed by atoms with E-state index < -0.39 is 0 Å². The van der Waals surface area contributed by atoms with E-state index in [9.17, 15) is 0 Å². The highest BCUT2D eigenvalue weighted by atomic mass is 35.5. The molecular weight excluding hydrogens is 282 g/mol. The molecule has 0 aromatic heterocycles. The van der Waals surface area contributed by atoms with Gasteiger partial charge in [0, 0.05) is 12.1 Å². The monoisotopic (exact) mass is 309 g/mol. The van der Waals surface area contributed by atoms with E-state index in [4.69, 9.17) is 16.3 Å². The molecule has 1 fully saturated rings. The zero-order valence-corrected chi connectivity index (χ0v) is 14.5. The SMILES string of the molecule is CC1CCCC(Oc2ccc(CNC(C)(C)C)cc2Cl)C1. The second kappa shape index (κ2) is 7.02. The van der Waals surface area contributed by atoms with Crippen molar-refractivity contribution in [2.24, 2.45) is 5.92 Å². The maximum Gasteiger partial charge on any atom is 0.138 e. The summed E-state index contributed by atoms with van der Waals surface area (Å²) in [5.74, 6) is 1.59. The van der Waals surface area contributed by atoms with Crippen LogP contribution >= 0.6 is 11.6 Å². The lowest BCUT2D eigenvalue weighted by Gasteiger charge is -2.28. The third-order valence-electron chi connectivity index (χ3n) is 4.00. The fourth-order valence-corrected chi connectivity index (χ4v) is 3.03. The number of rotatable bonds is 4. The highest BCUT2D eigenvalue weighted by Crippen LogP contribution is 2.31. The molecule has 1 saturated carbocycles. The molecule has 0 saturated heterocycles. The van der Waals surface area contributed by atoms with E-state index in [0.29, 0.717) is 6.10 Å². The van der Waals surface area contributed by atoms with Crippen LogP contribution in [-0.2, 0) is 6.54 Å². The lowest BCUT2D eigenvalue weighted by atomic mass is 9.89. The van der Waals surface area contributed by atoms with Crippen LogP contribution in [0.2, 0.25) is 5.02 Å². The van der Waals surface area contributed by atoms with Crippen molar-refractivity contribution in [1.82, 2.24) is 5.32 Å². The van der Waals surface area contributed by atoms with Crippen LogP contribution in [-0.4, -0.2) is 11.6 Å². The Bertz CT molecular complexity index is 467. The molecule has 0 spiro atoms. The summed E-state index contributed by atoms with van der Waals surface area (Å²) in [7, 11) is 0. The van der Waals surface area contributed by atoms with Crippen LogP contribution in [0.15, 0.2) is 18.2 Å². The van der Waals surface area contributed by atoms with Crippen molar-refractivity contribution in [3.05, 3.63) is 28.8 Å². The predicted molar refractivity (Wildman–Crippen MR) is 90.1 cm³/mol. The van der Waals surface area contributed by atoms with Gasteiger partial charge in [-0.05, 0) is 63.6 Å². The summed E-state index contributed by atoms with van der Waals surface area (Å²) in [5, 5.41) is 4.20. The average Bonchev–Trinajstić information content (AvgIpc) is 2.38. The molecule has 1 aromatic carbocycles. The van der Waals surface area contributed by atoms with Crippen molar-refractivity contribution in [3.63, 3.8) is 0 Å². The van der Waals surface area contributed by atoms with Crippen LogP contribution in [0.1, 0.15) is 58.9 Å². The zero-order chi connectivity index (χ0) is 15.5. The molecule has 1 aromatic rings. The van der Waals surface area contributed by atoms with Crippen molar-refractivity contribution < 1.29 is 4.74 Å². The first-order valence-corrected chi connectivity index (χ1v) is 8.41. The summed E-state index contributed by atoms with van der Waals surface area (Å²) in [5.41, 5.74) is 1.30. The van der Waals surface area contributed by atoms with E-state index in [1.165, 1.54) is 18.4 Å². The molecule has 2 atom stereocenters. The van der Waals surface area contributed by atoms with Gasteiger partial charge in [-0.15, -0.1) is 0 Å². The number of nitrogens with one attached hydrogen (secondary N) is 1. The molecule has 2 nitrogen and oxygen atoms in total. The summed E-state index contributed by atoms with van der Waals surface area (Å²) in [6.07, 6.45) is 5.20. The Labute approximate surface area is 134 Å². The van der Waals surface area contributed by atoms with Crippen LogP contribution in [0.5, 0.6) is 5.75 Å². The first-order chi connectivity index (χ1) is 9.83. The van der Waals surface area contributed by atoms with E-state index in [2.05, 4.69) is 39.1 Å². The Kier molecular flexibility index (Phi) is 5.56. The molecule has 0 bridgehead atoms. The third kappa shape index (κ3) is 5.52. The maximum atomic E-state index is 6.38. The highest BCUT2D eigenvalue weighted by molar-refractivity contribution is 6.32. The Morgan fingerprint density at radius 1 is 1.29 bits per heavy atom. The lowest BCUT2D eigenvalue weighted by Crippen LogP contribution is -2.35. The summed E-state index contributed by atoms with van der Waals surface area (Å²) in [6.45, 7) is 9.62. The maximum absolute atomic E-state index is 6.38. The standard InChI is InChI=1S/C18H28ClNO/c1-13-6-5-7-15(10-13)21-17-9-8-14(11-16(17)19)12-20-18(2,3)4/h8-9,11,13,15,20H,5-7,10,12H2,1-4H3. The van der Waals surface area contributed by atoms with Gasteiger partial charge in [-0.3, -0.25) is 0 Å². The Balaban J connectivity index is 1.95. The van der Waals surface area contributed by atoms with Gasteiger partial charge in [0.1, 0.15) is 5.75 Å². The van der Waals surface area contributed by atoms with E-state index in [1.54, 1.807) is 0 Å². The topological polar surface area (TPSA) is 21.3 Å².